The van der Waals surface area contributed by atoms with Gasteiger partial charge in [0, 0.05) is 49.8 Å². The van der Waals surface area contributed by atoms with Crippen LogP contribution in [0.2, 0.25) is 0 Å². The first-order chi connectivity index (χ1) is 19.8. The Morgan fingerprint density at radius 2 is 1.69 bits per heavy atom. The highest BCUT2D eigenvalue weighted by Gasteiger charge is 2.40. The topological polar surface area (TPSA) is 203 Å². The van der Waals surface area contributed by atoms with Gasteiger partial charge in [0.2, 0.25) is 0 Å². The molecule has 0 saturated carbocycles. The Kier molecular flexibility index (Phi) is 11.0. The molecule has 14 heteroatoms. The van der Waals surface area contributed by atoms with Crippen molar-refractivity contribution in [2.75, 3.05) is 44.9 Å². The monoisotopic (exact) mass is 590 g/mol. The van der Waals surface area contributed by atoms with Gasteiger partial charge >= 0.3 is 17.9 Å². The normalized spacial score (nSPS) is 15.4. The number of anilines is 1. The first-order valence-corrected chi connectivity index (χ1v) is 13.5. The molecule has 230 valence electrons. The molecular formula is C28H38N4O10. The van der Waals surface area contributed by atoms with Crippen molar-refractivity contribution in [1.29, 1.82) is 0 Å². The average Bonchev–Trinajstić information content (AvgIpc) is 2.93. The van der Waals surface area contributed by atoms with Crippen molar-refractivity contribution in [3.63, 3.8) is 0 Å². The number of morpholine rings is 1. The number of fused-ring (bicyclic) bond motifs is 1. The largest absolute Gasteiger partial charge is 0.504 e. The van der Waals surface area contributed by atoms with E-state index in [1.54, 1.807) is 13.2 Å². The number of carbonyl (C=O) groups is 3. The second-order valence-corrected chi connectivity index (χ2v) is 10.5. The van der Waals surface area contributed by atoms with E-state index in [-0.39, 0.29) is 11.7 Å². The number of aliphatic hydroxyl groups is 1. The van der Waals surface area contributed by atoms with Gasteiger partial charge in [-0.25, -0.2) is 14.8 Å². The second kappa shape index (κ2) is 14.2. The fourth-order valence-electron chi connectivity index (χ4n) is 4.73. The molecule has 0 spiro atoms. The number of phenolic OH excluding ortho intramolecular Hbond substituents is 1. The lowest BCUT2D eigenvalue weighted by atomic mass is 9.96. The number of hydrogen-bond donors (Lipinski definition) is 5. The van der Waals surface area contributed by atoms with Crippen molar-refractivity contribution in [3.05, 3.63) is 40.8 Å². The number of ether oxygens (including phenoxy) is 2. The Morgan fingerprint density at radius 1 is 1.05 bits per heavy atom. The van der Waals surface area contributed by atoms with Gasteiger partial charge in [-0.2, -0.15) is 0 Å². The summed E-state index contributed by atoms with van der Waals surface area (Å²) in [6.45, 7) is 9.85. The van der Waals surface area contributed by atoms with Crippen molar-refractivity contribution < 1.29 is 49.4 Å². The van der Waals surface area contributed by atoms with Gasteiger partial charge in [-0.15, -0.1) is 0 Å². The molecule has 2 aromatic rings. The minimum atomic E-state index is -2.74. The van der Waals surface area contributed by atoms with Crippen LogP contribution in [0, 0.1) is 0 Å². The van der Waals surface area contributed by atoms with Gasteiger partial charge in [0.25, 0.3) is 0 Å². The molecule has 2 aliphatic rings. The van der Waals surface area contributed by atoms with Gasteiger partial charge in [-0.1, -0.05) is 26.0 Å². The minimum Gasteiger partial charge on any atom is -0.504 e. The number of benzene rings is 1. The lowest BCUT2D eigenvalue weighted by molar-refractivity contribution is -0.170. The maximum absolute atomic E-state index is 10.5. The fraction of sp³-hybridized carbons (Fsp3) is 0.536. The van der Waals surface area contributed by atoms with Crippen LogP contribution in [-0.2, 0) is 38.6 Å². The lowest BCUT2D eigenvalue weighted by Crippen LogP contribution is -2.42. The van der Waals surface area contributed by atoms with E-state index in [4.69, 9.17) is 39.9 Å². The SMILES string of the molecule is COc1cccc(CN2CCc3c(nc(C(C)C)nc3N3CCOCC3)C2)c1O.O=C(O)CC(O)(CC(=O)O)C(=O)O. The van der Waals surface area contributed by atoms with E-state index >= 15 is 0 Å². The zero-order chi connectivity index (χ0) is 31.0. The Morgan fingerprint density at radius 3 is 2.24 bits per heavy atom. The van der Waals surface area contributed by atoms with Crippen molar-refractivity contribution in [3.8, 4) is 11.5 Å². The van der Waals surface area contributed by atoms with E-state index in [0.29, 0.717) is 12.3 Å². The minimum absolute atomic E-state index is 0.223. The third kappa shape index (κ3) is 8.27. The Labute approximate surface area is 243 Å². The van der Waals surface area contributed by atoms with Gasteiger partial charge in [0.15, 0.2) is 17.1 Å². The molecule has 0 bridgehead atoms. The highest BCUT2D eigenvalue weighted by Crippen LogP contribution is 2.33. The highest BCUT2D eigenvalue weighted by molar-refractivity contribution is 5.88. The van der Waals surface area contributed by atoms with Gasteiger partial charge in [0.1, 0.15) is 11.6 Å². The number of nitrogens with zero attached hydrogens (tertiary/aromatic N) is 4. The number of carboxylic acid groups (broad SMARTS) is 3. The Hall–Kier alpha value is -4.01. The fourth-order valence-corrected chi connectivity index (χ4v) is 4.73. The van der Waals surface area contributed by atoms with E-state index in [1.165, 1.54) is 5.56 Å². The number of rotatable bonds is 10. The summed E-state index contributed by atoms with van der Waals surface area (Å²) in [5.74, 6) is -2.02. The van der Waals surface area contributed by atoms with E-state index in [0.717, 1.165) is 68.7 Å². The number of aliphatic carboxylic acids is 3. The third-order valence-corrected chi connectivity index (χ3v) is 6.95. The third-order valence-electron chi connectivity index (χ3n) is 6.95. The quantitative estimate of drug-likeness (QED) is 0.266. The van der Waals surface area contributed by atoms with Gasteiger partial charge < -0.3 is 39.9 Å². The Balaban J connectivity index is 0.000000316. The zero-order valence-electron chi connectivity index (χ0n) is 23.9. The molecule has 42 heavy (non-hydrogen) atoms. The van der Waals surface area contributed by atoms with Crippen LogP contribution >= 0.6 is 0 Å². The molecule has 1 aromatic heterocycles. The molecule has 0 unspecified atom stereocenters. The Bertz CT molecular complexity index is 1260. The second-order valence-electron chi connectivity index (χ2n) is 10.5. The summed E-state index contributed by atoms with van der Waals surface area (Å²) in [6, 6.07) is 5.65. The summed E-state index contributed by atoms with van der Waals surface area (Å²) >= 11 is 0. The molecule has 4 rings (SSSR count). The van der Waals surface area contributed by atoms with E-state index in [2.05, 4.69) is 23.6 Å². The van der Waals surface area contributed by atoms with Crippen molar-refractivity contribution in [1.82, 2.24) is 14.9 Å². The summed E-state index contributed by atoms with van der Waals surface area (Å²) in [5, 5.41) is 44.3. The summed E-state index contributed by atoms with van der Waals surface area (Å²) in [4.78, 5) is 45.0. The molecule has 0 atom stereocenters. The molecule has 0 radical (unpaired) electrons. The molecule has 1 aromatic carbocycles. The highest BCUT2D eigenvalue weighted by atomic mass is 16.5. The van der Waals surface area contributed by atoms with Gasteiger partial charge in [-0.3, -0.25) is 14.5 Å². The van der Waals surface area contributed by atoms with Crippen LogP contribution in [0.25, 0.3) is 0 Å². The predicted octanol–water partition coefficient (Wildman–Crippen LogP) is 1.46. The zero-order valence-corrected chi connectivity index (χ0v) is 23.9. The number of methoxy groups -OCH3 is 1. The molecule has 1 saturated heterocycles. The first-order valence-electron chi connectivity index (χ1n) is 13.5. The van der Waals surface area contributed by atoms with E-state index in [1.807, 2.05) is 12.1 Å². The first kappa shape index (κ1) is 32.5. The summed E-state index contributed by atoms with van der Waals surface area (Å²) < 4.78 is 10.8. The number of phenols is 1. The molecular weight excluding hydrogens is 552 g/mol. The number of hydrogen-bond acceptors (Lipinski definition) is 11. The van der Waals surface area contributed by atoms with E-state index < -0.39 is 36.4 Å². The van der Waals surface area contributed by atoms with Crippen molar-refractivity contribution in [2.24, 2.45) is 0 Å². The average molecular weight is 591 g/mol. The number of aromatic hydroxyl groups is 1. The van der Waals surface area contributed by atoms with E-state index in [9.17, 15) is 19.5 Å². The number of para-hydroxylation sites is 1. The van der Waals surface area contributed by atoms with Crippen molar-refractivity contribution >= 4 is 23.7 Å². The van der Waals surface area contributed by atoms with Crippen LogP contribution in [0.1, 0.15) is 55.3 Å². The van der Waals surface area contributed by atoms with Crippen LogP contribution in [0.4, 0.5) is 5.82 Å². The standard InChI is InChI=1S/C22H30N4O3.C6H8O7/c1-15(2)21-23-18-14-25(13-16-5-4-6-19(28-3)20(16)27)8-7-17(18)22(24-21)26-9-11-29-12-10-26;7-3(8)1-6(13,5(11)12)2-4(9)10/h4-6,15,27H,7-14H2,1-3H3;13H,1-2H2,(H,7,8)(H,9,10)(H,11,12). The van der Waals surface area contributed by atoms with Crippen LogP contribution in [0.3, 0.4) is 0 Å². The van der Waals surface area contributed by atoms with Crippen LogP contribution in [0.15, 0.2) is 18.2 Å². The smallest absolute Gasteiger partial charge is 0.336 e. The molecule has 2 aliphatic heterocycles. The summed E-state index contributed by atoms with van der Waals surface area (Å²) in [6.07, 6.45) is -1.38. The number of aromatic nitrogens is 2. The summed E-state index contributed by atoms with van der Waals surface area (Å²) in [5.41, 5.74) is 0.512. The van der Waals surface area contributed by atoms with Crippen molar-refractivity contribution in [2.45, 2.75) is 57.7 Å². The molecule has 14 nitrogen and oxygen atoms in total. The van der Waals surface area contributed by atoms with Crippen LogP contribution in [-0.4, -0.2) is 104 Å². The van der Waals surface area contributed by atoms with Gasteiger partial charge in [-0.05, 0) is 12.5 Å². The molecule has 3 heterocycles. The molecule has 0 amide bonds. The lowest BCUT2D eigenvalue weighted by Gasteiger charge is -2.34. The van der Waals surface area contributed by atoms with Gasteiger partial charge in [0.05, 0.1) is 38.9 Å². The number of carboxylic acids is 3. The van der Waals surface area contributed by atoms with Crippen LogP contribution < -0.4 is 9.64 Å². The van der Waals surface area contributed by atoms with Crippen LogP contribution in [0.5, 0.6) is 11.5 Å². The molecule has 1 fully saturated rings. The maximum atomic E-state index is 10.5. The predicted molar refractivity (Wildman–Crippen MR) is 149 cm³/mol. The molecule has 0 aliphatic carbocycles. The summed E-state index contributed by atoms with van der Waals surface area (Å²) in [7, 11) is 1.58. The maximum Gasteiger partial charge on any atom is 0.336 e. The molecule has 5 N–H and O–H groups in total.